The SMILES string of the molecule is CCn1c(SCCC2CNC2)n[nH]c1=O. The van der Waals surface area contributed by atoms with Crippen molar-refractivity contribution in [2.24, 2.45) is 5.92 Å². The minimum atomic E-state index is -0.106. The highest BCUT2D eigenvalue weighted by Gasteiger charge is 2.16. The van der Waals surface area contributed by atoms with Crippen LogP contribution in [-0.2, 0) is 6.54 Å². The van der Waals surface area contributed by atoms with Gasteiger partial charge in [0.25, 0.3) is 0 Å². The highest BCUT2D eigenvalue weighted by molar-refractivity contribution is 7.99. The Hall–Kier alpha value is -0.750. The average Bonchev–Trinajstić information content (AvgIpc) is 2.51. The van der Waals surface area contributed by atoms with Gasteiger partial charge in [-0.05, 0) is 32.4 Å². The Morgan fingerprint density at radius 2 is 2.40 bits per heavy atom. The van der Waals surface area contributed by atoms with E-state index in [2.05, 4.69) is 15.5 Å². The first kappa shape index (κ1) is 10.8. The maximum atomic E-state index is 11.3. The summed E-state index contributed by atoms with van der Waals surface area (Å²) in [6.45, 7) is 4.92. The molecular weight excluding hydrogens is 212 g/mol. The van der Waals surface area contributed by atoms with Gasteiger partial charge in [-0.2, -0.15) is 0 Å². The normalized spacial score (nSPS) is 16.6. The lowest BCUT2D eigenvalue weighted by molar-refractivity contribution is 0.341. The van der Waals surface area contributed by atoms with Crippen molar-refractivity contribution >= 4 is 11.8 Å². The molecule has 2 rings (SSSR count). The Balaban J connectivity index is 1.84. The van der Waals surface area contributed by atoms with Gasteiger partial charge in [-0.1, -0.05) is 11.8 Å². The van der Waals surface area contributed by atoms with Crippen LogP contribution in [0.25, 0.3) is 0 Å². The number of aromatic amines is 1. The second-order valence-electron chi connectivity index (χ2n) is 3.72. The summed E-state index contributed by atoms with van der Waals surface area (Å²) in [5.74, 6) is 1.86. The lowest BCUT2D eigenvalue weighted by Crippen LogP contribution is -2.42. The van der Waals surface area contributed by atoms with Crippen LogP contribution in [0.15, 0.2) is 9.95 Å². The molecule has 84 valence electrons. The van der Waals surface area contributed by atoms with Gasteiger partial charge >= 0.3 is 5.69 Å². The number of nitrogens with zero attached hydrogens (tertiary/aromatic N) is 2. The van der Waals surface area contributed by atoms with Crippen LogP contribution in [0.3, 0.4) is 0 Å². The second kappa shape index (κ2) is 4.85. The molecule has 1 aliphatic rings. The molecule has 0 spiro atoms. The van der Waals surface area contributed by atoms with E-state index in [1.165, 1.54) is 6.42 Å². The molecule has 0 bridgehead atoms. The predicted molar refractivity (Wildman–Crippen MR) is 60.2 cm³/mol. The topological polar surface area (TPSA) is 62.7 Å². The number of rotatable bonds is 5. The summed E-state index contributed by atoms with van der Waals surface area (Å²) >= 11 is 1.66. The number of H-pyrrole nitrogens is 1. The molecule has 1 aromatic rings. The lowest BCUT2D eigenvalue weighted by Gasteiger charge is -2.26. The van der Waals surface area contributed by atoms with Crippen molar-refractivity contribution in [1.82, 2.24) is 20.1 Å². The van der Waals surface area contributed by atoms with Gasteiger partial charge in [0.2, 0.25) is 0 Å². The summed E-state index contributed by atoms with van der Waals surface area (Å²) in [5, 5.41) is 10.5. The molecule has 1 saturated heterocycles. The van der Waals surface area contributed by atoms with E-state index in [4.69, 9.17) is 0 Å². The quantitative estimate of drug-likeness (QED) is 0.711. The van der Waals surface area contributed by atoms with Gasteiger partial charge in [-0.15, -0.1) is 5.10 Å². The molecule has 0 aromatic carbocycles. The summed E-state index contributed by atoms with van der Waals surface area (Å²) < 4.78 is 1.67. The molecule has 2 N–H and O–H groups in total. The minimum Gasteiger partial charge on any atom is -0.316 e. The first-order valence-electron chi connectivity index (χ1n) is 5.30. The van der Waals surface area contributed by atoms with E-state index in [1.807, 2.05) is 6.92 Å². The van der Waals surface area contributed by atoms with Gasteiger partial charge in [-0.3, -0.25) is 4.57 Å². The maximum Gasteiger partial charge on any atom is 0.343 e. The number of thioether (sulfide) groups is 1. The van der Waals surface area contributed by atoms with E-state index in [-0.39, 0.29) is 5.69 Å². The Kier molecular flexibility index (Phi) is 3.48. The van der Waals surface area contributed by atoms with Crippen LogP contribution in [0.5, 0.6) is 0 Å². The van der Waals surface area contributed by atoms with Crippen molar-refractivity contribution in [3.05, 3.63) is 10.5 Å². The van der Waals surface area contributed by atoms with E-state index in [0.717, 1.165) is 29.9 Å². The van der Waals surface area contributed by atoms with Gasteiger partial charge in [0, 0.05) is 12.3 Å². The molecule has 0 saturated carbocycles. The van der Waals surface area contributed by atoms with Crippen LogP contribution >= 0.6 is 11.8 Å². The van der Waals surface area contributed by atoms with Gasteiger partial charge in [0.1, 0.15) is 0 Å². The van der Waals surface area contributed by atoms with Gasteiger partial charge < -0.3 is 5.32 Å². The van der Waals surface area contributed by atoms with E-state index in [1.54, 1.807) is 16.3 Å². The van der Waals surface area contributed by atoms with Crippen LogP contribution in [0.2, 0.25) is 0 Å². The van der Waals surface area contributed by atoms with Crippen LogP contribution in [0.4, 0.5) is 0 Å². The third-order valence-corrected chi connectivity index (χ3v) is 3.67. The first-order valence-corrected chi connectivity index (χ1v) is 6.28. The molecule has 6 heteroatoms. The lowest BCUT2D eigenvalue weighted by atomic mass is 10.0. The van der Waals surface area contributed by atoms with Crippen LogP contribution in [0, 0.1) is 5.92 Å². The van der Waals surface area contributed by atoms with Crippen LogP contribution in [0.1, 0.15) is 13.3 Å². The molecule has 0 amide bonds. The zero-order chi connectivity index (χ0) is 10.7. The number of nitrogens with one attached hydrogen (secondary N) is 2. The third-order valence-electron chi connectivity index (χ3n) is 2.66. The standard InChI is InChI=1S/C9H16N4OS/c1-2-13-8(14)11-12-9(13)15-4-3-7-5-10-6-7/h7,10H,2-6H2,1H3,(H,11,14). The van der Waals surface area contributed by atoms with Crippen molar-refractivity contribution in [2.75, 3.05) is 18.8 Å². The Labute approximate surface area is 92.6 Å². The first-order chi connectivity index (χ1) is 7.31. The molecule has 5 nitrogen and oxygen atoms in total. The maximum absolute atomic E-state index is 11.3. The fraction of sp³-hybridized carbons (Fsp3) is 0.778. The highest BCUT2D eigenvalue weighted by atomic mass is 32.2. The van der Waals surface area contributed by atoms with Crippen molar-refractivity contribution in [2.45, 2.75) is 25.0 Å². The third kappa shape index (κ3) is 2.43. The summed E-state index contributed by atoms with van der Waals surface area (Å²) in [5.41, 5.74) is -0.106. The largest absolute Gasteiger partial charge is 0.343 e. The number of aromatic nitrogens is 3. The fourth-order valence-corrected chi connectivity index (χ4v) is 2.67. The molecule has 1 aliphatic heterocycles. The molecule has 0 radical (unpaired) electrons. The molecular formula is C9H16N4OS. The Morgan fingerprint density at radius 1 is 1.60 bits per heavy atom. The molecule has 1 fully saturated rings. The highest BCUT2D eigenvalue weighted by Crippen LogP contribution is 2.18. The summed E-state index contributed by atoms with van der Waals surface area (Å²) in [7, 11) is 0. The summed E-state index contributed by atoms with van der Waals surface area (Å²) in [6, 6.07) is 0. The molecule has 0 atom stereocenters. The van der Waals surface area contributed by atoms with Crippen molar-refractivity contribution < 1.29 is 0 Å². The van der Waals surface area contributed by atoms with Gasteiger partial charge in [0.05, 0.1) is 0 Å². The van der Waals surface area contributed by atoms with Crippen molar-refractivity contribution in [3.63, 3.8) is 0 Å². The van der Waals surface area contributed by atoms with Crippen molar-refractivity contribution in [3.8, 4) is 0 Å². The van der Waals surface area contributed by atoms with E-state index >= 15 is 0 Å². The number of hydrogen-bond acceptors (Lipinski definition) is 4. The molecule has 1 aromatic heterocycles. The Bertz CT molecular complexity index is 368. The van der Waals surface area contributed by atoms with Crippen LogP contribution < -0.4 is 11.0 Å². The zero-order valence-electron chi connectivity index (χ0n) is 8.82. The smallest absolute Gasteiger partial charge is 0.316 e. The van der Waals surface area contributed by atoms with E-state index in [9.17, 15) is 4.79 Å². The molecule has 0 aliphatic carbocycles. The van der Waals surface area contributed by atoms with Crippen LogP contribution in [-0.4, -0.2) is 33.6 Å². The number of hydrogen-bond donors (Lipinski definition) is 2. The van der Waals surface area contributed by atoms with Gasteiger partial charge in [-0.25, -0.2) is 9.89 Å². The molecule has 0 unspecified atom stereocenters. The summed E-state index contributed by atoms with van der Waals surface area (Å²) in [6.07, 6.45) is 1.20. The zero-order valence-corrected chi connectivity index (χ0v) is 9.64. The molecule has 2 heterocycles. The molecule has 15 heavy (non-hydrogen) atoms. The van der Waals surface area contributed by atoms with E-state index < -0.39 is 0 Å². The van der Waals surface area contributed by atoms with E-state index in [0.29, 0.717) is 6.54 Å². The minimum absolute atomic E-state index is 0.106. The summed E-state index contributed by atoms with van der Waals surface area (Å²) in [4.78, 5) is 11.3. The fourth-order valence-electron chi connectivity index (χ4n) is 1.56. The average molecular weight is 228 g/mol. The van der Waals surface area contributed by atoms with Crippen molar-refractivity contribution in [1.29, 1.82) is 0 Å². The Morgan fingerprint density at radius 3 is 3.00 bits per heavy atom. The predicted octanol–water partition coefficient (Wildman–Crippen LogP) is 0.293. The second-order valence-corrected chi connectivity index (χ2v) is 4.78. The monoisotopic (exact) mass is 228 g/mol. The van der Waals surface area contributed by atoms with Gasteiger partial charge in [0.15, 0.2) is 5.16 Å².